The Balaban J connectivity index is 2.33. The molecule has 0 radical (unpaired) electrons. The number of carbonyl (C=O) groups is 1. The molecule has 0 aliphatic heterocycles. The van der Waals surface area contributed by atoms with Gasteiger partial charge in [0.15, 0.2) is 11.5 Å². The molecule has 2 aromatic rings. The van der Waals surface area contributed by atoms with Crippen molar-refractivity contribution in [2.75, 3.05) is 14.2 Å². The van der Waals surface area contributed by atoms with Gasteiger partial charge in [0.2, 0.25) is 5.91 Å². The van der Waals surface area contributed by atoms with Crippen LogP contribution in [-0.4, -0.2) is 39.5 Å². The number of benzene rings is 2. The average Bonchev–Trinajstić information content (AvgIpc) is 2.65. The molecule has 0 spiro atoms. The molecule has 0 aliphatic carbocycles. The standard InChI is InChI=1S/C20H25NO6S/c1-14(2)21(15(3)22)13-16-6-11-19(26-5)20(12-16)27-28(23,24)18-9-7-17(25-4)8-10-18/h6-12,14H,13H2,1-5H3. The minimum Gasteiger partial charge on any atom is -0.497 e. The first kappa shape index (κ1) is 21.6. The van der Waals surface area contributed by atoms with E-state index in [0.717, 1.165) is 5.56 Å². The maximum atomic E-state index is 12.6. The SMILES string of the molecule is COc1ccc(S(=O)(=O)Oc2cc(CN(C(C)=O)C(C)C)ccc2OC)cc1. The van der Waals surface area contributed by atoms with E-state index >= 15 is 0 Å². The van der Waals surface area contributed by atoms with E-state index in [4.69, 9.17) is 13.7 Å². The van der Waals surface area contributed by atoms with Crippen molar-refractivity contribution >= 4 is 16.0 Å². The summed E-state index contributed by atoms with van der Waals surface area (Å²) in [6, 6.07) is 10.8. The Morgan fingerprint density at radius 1 is 1.00 bits per heavy atom. The van der Waals surface area contributed by atoms with Gasteiger partial charge in [-0.05, 0) is 55.8 Å². The summed E-state index contributed by atoms with van der Waals surface area (Å²) in [5.41, 5.74) is 0.727. The fourth-order valence-electron chi connectivity index (χ4n) is 2.65. The number of hydrogen-bond donors (Lipinski definition) is 0. The Morgan fingerprint density at radius 2 is 1.64 bits per heavy atom. The van der Waals surface area contributed by atoms with Gasteiger partial charge in [-0.3, -0.25) is 4.79 Å². The molecule has 0 bridgehead atoms. The molecule has 1 amide bonds. The minimum absolute atomic E-state index is 0.00620. The lowest BCUT2D eigenvalue weighted by molar-refractivity contribution is -0.131. The highest BCUT2D eigenvalue weighted by Crippen LogP contribution is 2.31. The number of methoxy groups -OCH3 is 2. The van der Waals surface area contributed by atoms with Gasteiger partial charge in [0.1, 0.15) is 10.6 Å². The number of ether oxygens (including phenoxy) is 2. The highest BCUT2D eigenvalue weighted by atomic mass is 32.2. The van der Waals surface area contributed by atoms with Gasteiger partial charge in [0.25, 0.3) is 0 Å². The number of amides is 1. The van der Waals surface area contributed by atoms with E-state index in [1.165, 1.54) is 45.4 Å². The number of rotatable bonds is 8. The third kappa shape index (κ3) is 5.16. The lowest BCUT2D eigenvalue weighted by Gasteiger charge is -2.25. The normalized spacial score (nSPS) is 11.2. The van der Waals surface area contributed by atoms with Gasteiger partial charge in [-0.25, -0.2) is 0 Å². The van der Waals surface area contributed by atoms with E-state index < -0.39 is 10.1 Å². The Labute approximate surface area is 166 Å². The highest BCUT2D eigenvalue weighted by molar-refractivity contribution is 7.87. The summed E-state index contributed by atoms with van der Waals surface area (Å²) in [6.07, 6.45) is 0. The van der Waals surface area contributed by atoms with Crippen molar-refractivity contribution in [3.63, 3.8) is 0 Å². The molecule has 0 heterocycles. The quantitative estimate of drug-likeness (QED) is 0.625. The smallest absolute Gasteiger partial charge is 0.339 e. The molecule has 7 nitrogen and oxygen atoms in total. The van der Waals surface area contributed by atoms with E-state index in [-0.39, 0.29) is 28.3 Å². The second-order valence-electron chi connectivity index (χ2n) is 6.44. The fraction of sp³-hybridized carbons (Fsp3) is 0.350. The van der Waals surface area contributed by atoms with Crippen molar-refractivity contribution in [2.45, 2.75) is 38.3 Å². The second kappa shape index (κ2) is 8.97. The van der Waals surface area contributed by atoms with Crippen LogP contribution in [0.2, 0.25) is 0 Å². The molecule has 0 N–H and O–H groups in total. The van der Waals surface area contributed by atoms with Crippen molar-refractivity contribution in [3.8, 4) is 17.2 Å². The maximum absolute atomic E-state index is 12.6. The van der Waals surface area contributed by atoms with Crippen molar-refractivity contribution in [1.82, 2.24) is 4.90 Å². The van der Waals surface area contributed by atoms with Crippen LogP contribution in [0.3, 0.4) is 0 Å². The molecule has 0 atom stereocenters. The van der Waals surface area contributed by atoms with Gasteiger partial charge in [0, 0.05) is 19.5 Å². The first-order chi connectivity index (χ1) is 13.2. The molecule has 8 heteroatoms. The first-order valence-corrected chi connectivity index (χ1v) is 10.1. The zero-order valence-electron chi connectivity index (χ0n) is 16.6. The van der Waals surface area contributed by atoms with E-state index in [0.29, 0.717) is 12.3 Å². The van der Waals surface area contributed by atoms with Crippen LogP contribution < -0.4 is 13.7 Å². The molecule has 2 aromatic carbocycles. The van der Waals surface area contributed by atoms with Crippen LogP contribution in [0, 0.1) is 0 Å². The molecule has 0 aliphatic rings. The van der Waals surface area contributed by atoms with E-state index in [1.807, 2.05) is 13.8 Å². The minimum atomic E-state index is -4.06. The predicted octanol–water partition coefficient (Wildman–Crippen LogP) is 3.23. The van der Waals surface area contributed by atoms with E-state index in [9.17, 15) is 13.2 Å². The molecule has 0 fully saturated rings. The van der Waals surface area contributed by atoms with Gasteiger partial charge >= 0.3 is 10.1 Å². The largest absolute Gasteiger partial charge is 0.497 e. The van der Waals surface area contributed by atoms with Crippen molar-refractivity contribution in [1.29, 1.82) is 0 Å². The van der Waals surface area contributed by atoms with Crippen LogP contribution in [0.1, 0.15) is 26.3 Å². The zero-order chi connectivity index (χ0) is 20.9. The lowest BCUT2D eigenvalue weighted by Crippen LogP contribution is -2.34. The van der Waals surface area contributed by atoms with Gasteiger partial charge in [-0.1, -0.05) is 6.07 Å². The summed E-state index contributed by atoms with van der Waals surface area (Å²) in [6.45, 7) is 5.65. The molecule has 0 aromatic heterocycles. The average molecular weight is 407 g/mol. The Bertz CT molecular complexity index is 922. The molecule has 2 rings (SSSR count). The molecule has 0 saturated heterocycles. The lowest BCUT2D eigenvalue weighted by atomic mass is 10.1. The third-order valence-electron chi connectivity index (χ3n) is 4.16. The molecular weight excluding hydrogens is 382 g/mol. The zero-order valence-corrected chi connectivity index (χ0v) is 17.4. The Hall–Kier alpha value is -2.74. The van der Waals surface area contributed by atoms with Crippen LogP contribution in [0.15, 0.2) is 47.4 Å². The fourth-order valence-corrected chi connectivity index (χ4v) is 3.58. The highest BCUT2D eigenvalue weighted by Gasteiger charge is 2.21. The summed E-state index contributed by atoms with van der Waals surface area (Å²) in [5, 5.41) is 0. The van der Waals surface area contributed by atoms with Crippen molar-refractivity contribution in [3.05, 3.63) is 48.0 Å². The summed E-state index contributed by atoms with van der Waals surface area (Å²) in [5.74, 6) is 0.804. The van der Waals surface area contributed by atoms with Crippen LogP contribution in [0.4, 0.5) is 0 Å². The predicted molar refractivity (Wildman–Crippen MR) is 105 cm³/mol. The van der Waals surface area contributed by atoms with Crippen LogP contribution in [0.5, 0.6) is 17.2 Å². The molecule has 28 heavy (non-hydrogen) atoms. The molecule has 0 saturated carbocycles. The summed E-state index contributed by atoms with van der Waals surface area (Å²) < 4.78 is 40.9. The van der Waals surface area contributed by atoms with Crippen LogP contribution >= 0.6 is 0 Å². The summed E-state index contributed by atoms with van der Waals surface area (Å²) in [7, 11) is -1.14. The van der Waals surface area contributed by atoms with Gasteiger partial charge in [-0.2, -0.15) is 8.42 Å². The monoisotopic (exact) mass is 407 g/mol. The molecular formula is C20H25NO6S. The maximum Gasteiger partial charge on any atom is 0.339 e. The summed E-state index contributed by atoms with van der Waals surface area (Å²) in [4.78, 5) is 13.5. The van der Waals surface area contributed by atoms with E-state index in [1.54, 1.807) is 23.1 Å². The van der Waals surface area contributed by atoms with Gasteiger partial charge < -0.3 is 18.6 Å². The summed E-state index contributed by atoms with van der Waals surface area (Å²) >= 11 is 0. The van der Waals surface area contributed by atoms with Crippen molar-refractivity contribution in [2.24, 2.45) is 0 Å². The van der Waals surface area contributed by atoms with Crippen molar-refractivity contribution < 1.29 is 26.9 Å². The third-order valence-corrected chi connectivity index (χ3v) is 5.40. The Kier molecular flexibility index (Phi) is 6.90. The topological polar surface area (TPSA) is 82.1 Å². The van der Waals surface area contributed by atoms with Gasteiger partial charge in [-0.15, -0.1) is 0 Å². The Morgan fingerprint density at radius 3 is 2.14 bits per heavy atom. The van der Waals surface area contributed by atoms with Gasteiger partial charge in [0.05, 0.1) is 14.2 Å². The number of hydrogen-bond acceptors (Lipinski definition) is 6. The molecule has 152 valence electrons. The first-order valence-electron chi connectivity index (χ1n) is 8.70. The molecule has 0 unspecified atom stereocenters. The van der Waals surface area contributed by atoms with E-state index in [2.05, 4.69) is 0 Å². The number of carbonyl (C=O) groups excluding carboxylic acids is 1. The number of nitrogens with zero attached hydrogens (tertiary/aromatic N) is 1. The van der Waals surface area contributed by atoms with Crippen LogP contribution in [-0.2, 0) is 21.5 Å². The second-order valence-corrected chi connectivity index (χ2v) is 7.99. The van der Waals surface area contributed by atoms with Crippen LogP contribution in [0.25, 0.3) is 0 Å².